The van der Waals surface area contributed by atoms with E-state index in [-0.39, 0.29) is 5.91 Å². The summed E-state index contributed by atoms with van der Waals surface area (Å²) in [5, 5.41) is 2.75. The fraction of sp³-hybridized carbons (Fsp3) is 0.278. The number of benzene rings is 1. The van der Waals surface area contributed by atoms with E-state index < -0.39 is 0 Å². The molecule has 1 aromatic heterocycles. The molecule has 1 heterocycles. The first-order valence-electron chi connectivity index (χ1n) is 7.52. The maximum Gasteiger partial charge on any atom is 0.244 e. The third-order valence-corrected chi connectivity index (χ3v) is 3.09. The third kappa shape index (κ3) is 5.21. The smallest absolute Gasteiger partial charge is 0.244 e. The average molecular weight is 315 g/mol. The first-order valence-corrected chi connectivity index (χ1v) is 7.52. The van der Waals surface area contributed by atoms with Crippen LogP contribution in [0.1, 0.15) is 24.7 Å². The van der Waals surface area contributed by atoms with Gasteiger partial charge in [-0.3, -0.25) is 4.79 Å². The molecule has 5 nitrogen and oxygen atoms in total. The minimum Gasteiger partial charge on any atom is -0.493 e. The van der Waals surface area contributed by atoms with Crippen LogP contribution in [0.25, 0.3) is 6.08 Å². The van der Waals surface area contributed by atoms with Crippen LogP contribution in [0.3, 0.4) is 0 Å². The lowest BCUT2D eigenvalue weighted by molar-refractivity contribution is -0.116. The van der Waals surface area contributed by atoms with Crippen LogP contribution in [0.5, 0.6) is 11.5 Å². The van der Waals surface area contributed by atoms with Crippen molar-refractivity contribution in [1.82, 2.24) is 5.32 Å². The second-order valence-corrected chi connectivity index (χ2v) is 4.89. The number of methoxy groups -OCH3 is 1. The Morgan fingerprint density at radius 1 is 1.30 bits per heavy atom. The number of hydrogen-bond donors (Lipinski definition) is 1. The van der Waals surface area contributed by atoms with Gasteiger partial charge in [0.25, 0.3) is 0 Å². The van der Waals surface area contributed by atoms with Crippen LogP contribution < -0.4 is 14.8 Å². The lowest BCUT2D eigenvalue weighted by Gasteiger charge is -2.10. The van der Waals surface area contributed by atoms with Crippen molar-refractivity contribution in [2.24, 2.45) is 0 Å². The van der Waals surface area contributed by atoms with Gasteiger partial charge in [0.1, 0.15) is 5.76 Å². The van der Waals surface area contributed by atoms with Crippen molar-refractivity contribution in [3.05, 3.63) is 54.0 Å². The summed E-state index contributed by atoms with van der Waals surface area (Å²) in [6.45, 7) is 3.05. The molecule has 1 aromatic carbocycles. The van der Waals surface area contributed by atoms with Gasteiger partial charge in [-0.05, 0) is 42.3 Å². The first kappa shape index (κ1) is 16.7. The van der Waals surface area contributed by atoms with Gasteiger partial charge < -0.3 is 19.2 Å². The van der Waals surface area contributed by atoms with Crippen molar-refractivity contribution >= 4 is 12.0 Å². The molecule has 0 saturated heterocycles. The molecule has 0 aliphatic rings. The van der Waals surface area contributed by atoms with Crippen molar-refractivity contribution in [1.29, 1.82) is 0 Å². The minimum absolute atomic E-state index is 0.188. The predicted octanol–water partition coefficient (Wildman–Crippen LogP) is 3.41. The van der Waals surface area contributed by atoms with Crippen molar-refractivity contribution in [2.45, 2.75) is 19.9 Å². The lowest BCUT2D eigenvalue weighted by atomic mass is 10.2. The van der Waals surface area contributed by atoms with E-state index in [1.165, 1.54) is 6.08 Å². The van der Waals surface area contributed by atoms with Crippen LogP contribution in [0.15, 0.2) is 47.1 Å². The number of rotatable bonds is 8. The third-order valence-electron chi connectivity index (χ3n) is 3.09. The molecule has 0 atom stereocenters. The Kier molecular flexibility index (Phi) is 6.29. The van der Waals surface area contributed by atoms with E-state index in [0.717, 1.165) is 12.0 Å². The van der Waals surface area contributed by atoms with Gasteiger partial charge in [-0.25, -0.2) is 0 Å². The molecular formula is C18H21NO4. The van der Waals surface area contributed by atoms with Gasteiger partial charge in [0, 0.05) is 6.08 Å². The molecule has 0 saturated carbocycles. The Morgan fingerprint density at radius 3 is 2.87 bits per heavy atom. The molecule has 23 heavy (non-hydrogen) atoms. The molecule has 0 radical (unpaired) electrons. The van der Waals surface area contributed by atoms with Gasteiger partial charge in [0.05, 0.1) is 26.5 Å². The quantitative estimate of drug-likeness (QED) is 0.758. The van der Waals surface area contributed by atoms with Crippen LogP contribution in [0.4, 0.5) is 0 Å². The molecule has 0 fully saturated rings. The summed E-state index contributed by atoms with van der Waals surface area (Å²) in [5.41, 5.74) is 0.860. The zero-order valence-electron chi connectivity index (χ0n) is 13.4. The average Bonchev–Trinajstić information content (AvgIpc) is 3.10. The fourth-order valence-corrected chi connectivity index (χ4v) is 1.94. The van der Waals surface area contributed by atoms with Crippen molar-refractivity contribution in [3.8, 4) is 11.5 Å². The van der Waals surface area contributed by atoms with Gasteiger partial charge >= 0.3 is 0 Å². The van der Waals surface area contributed by atoms with Gasteiger partial charge in [-0.15, -0.1) is 0 Å². The summed E-state index contributed by atoms with van der Waals surface area (Å²) in [6, 6.07) is 9.15. The number of furan rings is 1. The van der Waals surface area contributed by atoms with Gasteiger partial charge in [0.2, 0.25) is 5.91 Å². The maximum absolute atomic E-state index is 11.8. The normalized spacial score (nSPS) is 10.7. The maximum atomic E-state index is 11.8. The van der Waals surface area contributed by atoms with Crippen LogP contribution in [0.2, 0.25) is 0 Å². The molecule has 0 aliphatic heterocycles. The zero-order chi connectivity index (χ0) is 16.5. The Balaban J connectivity index is 1.94. The predicted molar refractivity (Wildman–Crippen MR) is 88.4 cm³/mol. The molecule has 2 aromatic rings. The van der Waals surface area contributed by atoms with Crippen LogP contribution in [0, 0.1) is 0 Å². The number of carbonyl (C=O) groups excluding carboxylic acids is 1. The highest BCUT2D eigenvalue weighted by atomic mass is 16.5. The van der Waals surface area contributed by atoms with Crippen LogP contribution in [-0.2, 0) is 11.3 Å². The molecule has 1 N–H and O–H groups in total. The topological polar surface area (TPSA) is 60.7 Å². The molecule has 2 rings (SSSR count). The number of ether oxygens (including phenoxy) is 2. The minimum atomic E-state index is -0.188. The SMILES string of the molecule is CCCOc1ccc(C=CC(=O)NCc2ccco2)cc1OC. The molecule has 0 bridgehead atoms. The molecule has 0 unspecified atom stereocenters. The molecule has 5 heteroatoms. The van der Waals surface area contributed by atoms with Crippen LogP contribution in [-0.4, -0.2) is 19.6 Å². The van der Waals surface area contributed by atoms with Crippen LogP contribution >= 0.6 is 0 Å². The highest BCUT2D eigenvalue weighted by molar-refractivity contribution is 5.91. The molecule has 1 amide bonds. The Hall–Kier alpha value is -2.69. The standard InChI is InChI=1S/C18H21NO4/c1-3-10-23-16-8-6-14(12-17(16)21-2)7-9-18(20)19-13-15-5-4-11-22-15/h4-9,11-12H,3,10,13H2,1-2H3,(H,19,20). The summed E-state index contributed by atoms with van der Waals surface area (Å²) >= 11 is 0. The summed E-state index contributed by atoms with van der Waals surface area (Å²) in [7, 11) is 1.59. The first-order chi connectivity index (χ1) is 11.2. The number of hydrogen-bond acceptors (Lipinski definition) is 4. The number of nitrogens with one attached hydrogen (secondary N) is 1. The van der Waals surface area contributed by atoms with Crippen molar-refractivity contribution < 1.29 is 18.7 Å². The summed E-state index contributed by atoms with van der Waals surface area (Å²) in [5.74, 6) is 1.88. The summed E-state index contributed by atoms with van der Waals surface area (Å²) < 4.78 is 16.1. The van der Waals surface area contributed by atoms with E-state index in [4.69, 9.17) is 13.9 Å². The molecular weight excluding hydrogens is 294 g/mol. The molecule has 0 aliphatic carbocycles. The monoisotopic (exact) mass is 315 g/mol. The Bertz CT molecular complexity index is 647. The van der Waals surface area contributed by atoms with E-state index in [2.05, 4.69) is 5.32 Å². The van der Waals surface area contributed by atoms with E-state index in [1.54, 1.807) is 25.5 Å². The fourth-order valence-electron chi connectivity index (χ4n) is 1.94. The van der Waals surface area contributed by atoms with E-state index >= 15 is 0 Å². The number of carbonyl (C=O) groups is 1. The van der Waals surface area contributed by atoms with Crippen molar-refractivity contribution in [3.63, 3.8) is 0 Å². The summed E-state index contributed by atoms with van der Waals surface area (Å²) in [4.78, 5) is 11.8. The van der Waals surface area contributed by atoms with Gasteiger partial charge in [-0.1, -0.05) is 13.0 Å². The Labute approximate surface area is 135 Å². The molecule has 122 valence electrons. The number of amides is 1. The second kappa shape index (κ2) is 8.68. The highest BCUT2D eigenvalue weighted by Gasteiger charge is 2.05. The van der Waals surface area contributed by atoms with Gasteiger partial charge in [-0.2, -0.15) is 0 Å². The van der Waals surface area contributed by atoms with E-state index in [0.29, 0.717) is 30.4 Å². The molecule has 0 spiro atoms. The lowest BCUT2D eigenvalue weighted by Crippen LogP contribution is -2.19. The Morgan fingerprint density at radius 2 is 2.17 bits per heavy atom. The van der Waals surface area contributed by atoms with Gasteiger partial charge in [0.15, 0.2) is 11.5 Å². The van der Waals surface area contributed by atoms with E-state index in [1.807, 2.05) is 31.2 Å². The largest absolute Gasteiger partial charge is 0.493 e. The second-order valence-electron chi connectivity index (χ2n) is 4.89. The highest BCUT2D eigenvalue weighted by Crippen LogP contribution is 2.28. The van der Waals surface area contributed by atoms with E-state index in [9.17, 15) is 4.79 Å². The van der Waals surface area contributed by atoms with Crippen molar-refractivity contribution in [2.75, 3.05) is 13.7 Å². The zero-order valence-corrected chi connectivity index (χ0v) is 13.4. The summed E-state index contributed by atoms with van der Waals surface area (Å²) in [6.07, 6.45) is 5.71.